The van der Waals surface area contributed by atoms with Crippen molar-refractivity contribution in [2.24, 2.45) is 5.41 Å². The summed E-state index contributed by atoms with van der Waals surface area (Å²) in [6, 6.07) is 4.31. The van der Waals surface area contributed by atoms with Crippen LogP contribution in [0.2, 0.25) is 0 Å². The van der Waals surface area contributed by atoms with Crippen LogP contribution in [0.5, 0.6) is 0 Å². The summed E-state index contributed by atoms with van der Waals surface area (Å²) >= 11 is 0. The Morgan fingerprint density at radius 3 is 2.50 bits per heavy atom. The highest BCUT2D eigenvalue weighted by molar-refractivity contribution is 5.86. The number of rotatable bonds is 2. The number of non-ortho nitro benzene ring substituents is 1. The molecule has 2 aliphatic rings. The highest BCUT2D eigenvalue weighted by atomic mass is 19.4. The Balaban J connectivity index is 1.84. The van der Waals surface area contributed by atoms with E-state index in [4.69, 9.17) is 0 Å². The first kappa shape index (κ1) is 14.8. The molecule has 0 atom stereocenters. The molecular weight excluding hydrogens is 301 g/mol. The maximum absolute atomic E-state index is 13.0. The van der Waals surface area contributed by atoms with Crippen molar-refractivity contribution in [3.8, 4) is 0 Å². The number of alkyl halides is 3. The average molecular weight is 314 g/mol. The lowest BCUT2D eigenvalue weighted by Gasteiger charge is -2.32. The van der Waals surface area contributed by atoms with E-state index < -0.39 is 22.4 Å². The van der Waals surface area contributed by atoms with Crippen molar-refractivity contribution in [3.05, 3.63) is 39.4 Å². The molecule has 3 rings (SSSR count). The molecule has 0 saturated heterocycles. The van der Waals surface area contributed by atoms with Crippen molar-refractivity contribution in [1.82, 2.24) is 4.90 Å². The van der Waals surface area contributed by atoms with Gasteiger partial charge in [0, 0.05) is 25.2 Å². The summed E-state index contributed by atoms with van der Waals surface area (Å²) in [5.74, 6) is -0.905. The number of carbonyl (C=O) groups excluding carboxylic acids is 1. The summed E-state index contributed by atoms with van der Waals surface area (Å²) in [4.78, 5) is 23.6. The largest absolute Gasteiger partial charge is 0.403 e. The van der Waals surface area contributed by atoms with Crippen LogP contribution in [-0.2, 0) is 17.8 Å². The maximum Gasteiger partial charge on any atom is 0.403 e. The molecule has 0 unspecified atom stereocenters. The SMILES string of the molecule is O=C(N1CCc2ccc([N+](=O)[O-])cc2C1)C1(C(F)(F)F)CC1. The van der Waals surface area contributed by atoms with Gasteiger partial charge in [0.05, 0.1) is 4.92 Å². The van der Waals surface area contributed by atoms with E-state index in [1.54, 1.807) is 6.07 Å². The van der Waals surface area contributed by atoms with Gasteiger partial charge >= 0.3 is 6.18 Å². The minimum Gasteiger partial charge on any atom is -0.337 e. The number of halogens is 3. The van der Waals surface area contributed by atoms with Gasteiger partial charge in [-0.2, -0.15) is 13.2 Å². The quantitative estimate of drug-likeness (QED) is 0.623. The lowest BCUT2D eigenvalue weighted by atomic mass is 9.96. The van der Waals surface area contributed by atoms with Gasteiger partial charge in [0.1, 0.15) is 5.41 Å². The van der Waals surface area contributed by atoms with Crippen LogP contribution in [0.1, 0.15) is 24.0 Å². The van der Waals surface area contributed by atoms with Gasteiger partial charge < -0.3 is 4.90 Å². The average Bonchev–Trinajstić information content (AvgIpc) is 3.26. The van der Waals surface area contributed by atoms with Gasteiger partial charge in [0.25, 0.3) is 5.69 Å². The summed E-state index contributed by atoms with van der Waals surface area (Å²) < 4.78 is 39.1. The molecule has 1 fully saturated rings. The van der Waals surface area contributed by atoms with Crippen LogP contribution in [0, 0.1) is 15.5 Å². The molecule has 22 heavy (non-hydrogen) atoms. The molecule has 8 heteroatoms. The molecule has 1 amide bonds. The highest BCUT2D eigenvalue weighted by Gasteiger charge is 2.69. The predicted octanol–water partition coefficient (Wildman–Crippen LogP) is 2.82. The zero-order valence-electron chi connectivity index (χ0n) is 11.5. The first-order chi connectivity index (χ1) is 10.2. The second kappa shape index (κ2) is 4.69. The van der Waals surface area contributed by atoms with Gasteiger partial charge in [-0.1, -0.05) is 6.07 Å². The minimum atomic E-state index is -4.53. The Kier molecular flexibility index (Phi) is 3.15. The minimum absolute atomic E-state index is 0.00627. The summed E-state index contributed by atoms with van der Waals surface area (Å²) in [6.07, 6.45) is -4.47. The third-order valence-corrected chi connectivity index (χ3v) is 4.40. The molecule has 1 aliphatic heterocycles. The third kappa shape index (κ3) is 2.22. The number of hydrogen-bond donors (Lipinski definition) is 0. The molecule has 1 aromatic rings. The highest BCUT2D eigenvalue weighted by Crippen LogP contribution is 2.58. The number of nitro groups is 1. The number of fused-ring (bicyclic) bond motifs is 1. The molecule has 0 radical (unpaired) electrons. The second-order valence-electron chi connectivity index (χ2n) is 5.77. The van der Waals surface area contributed by atoms with Crippen LogP contribution in [0.15, 0.2) is 18.2 Å². The van der Waals surface area contributed by atoms with Crippen molar-refractivity contribution in [3.63, 3.8) is 0 Å². The van der Waals surface area contributed by atoms with E-state index in [0.717, 1.165) is 5.56 Å². The number of amides is 1. The lowest BCUT2D eigenvalue weighted by Crippen LogP contribution is -2.46. The van der Waals surface area contributed by atoms with Crippen LogP contribution in [-0.4, -0.2) is 28.5 Å². The Morgan fingerprint density at radius 2 is 1.95 bits per heavy atom. The van der Waals surface area contributed by atoms with Gasteiger partial charge in [0.2, 0.25) is 5.91 Å². The molecule has 1 aromatic carbocycles. The predicted molar refractivity (Wildman–Crippen MR) is 69.9 cm³/mol. The molecule has 5 nitrogen and oxygen atoms in total. The Labute approximate surface area is 123 Å². The summed E-state index contributed by atoms with van der Waals surface area (Å²) in [5.41, 5.74) is -0.964. The monoisotopic (exact) mass is 314 g/mol. The molecule has 1 saturated carbocycles. The van der Waals surface area contributed by atoms with Crippen molar-refractivity contribution >= 4 is 11.6 Å². The maximum atomic E-state index is 13.0. The zero-order valence-corrected chi connectivity index (χ0v) is 11.5. The molecule has 118 valence electrons. The van der Waals surface area contributed by atoms with Gasteiger partial charge in [-0.15, -0.1) is 0 Å². The van der Waals surface area contributed by atoms with Crippen molar-refractivity contribution < 1.29 is 22.9 Å². The fourth-order valence-electron chi connectivity index (χ4n) is 2.88. The van der Waals surface area contributed by atoms with Crippen LogP contribution in [0.4, 0.5) is 18.9 Å². The van der Waals surface area contributed by atoms with Gasteiger partial charge in [-0.05, 0) is 30.4 Å². The molecule has 1 aliphatic carbocycles. The lowest BCUT2D eigenvalue weighted by molar-refractivity contribution is -0.385. The van der Waals surface area contributed by atoms with E-state index >= 15 is 0 Å². The fraction of sp³-hybridized carbons (Fsp3) is 0.500. The normalized spacial score (nSPS) is 19.5. The Bertz CT molecular complexity index is 653. The molecule has 0 N–H and O–H groups in total. The number of benzene rings is 1. The zero-order chi connectivity index (χ0) is 16.1. The van der Waals surface area contributed by atoms with Crippen LogP contribution in [0.25, 0.3) is 0 Å². The van der Waals surface area contributed by atoms with Gasteiger partial charge in [0.15, 0.2) is 0 Å². The van der Waals surface area contributed by atoms with E-state index in [1.807, 2.05) is 0 Å². The standard InChI is InChI=1S/C14H13F3N2O3/c15-14(16,17)13(4-5-13)12(20)18-6-3-9-1-2-11(19(21)22)7-10(9)8-18/h1-2,7H,3-6,8H2. The first-order valence-corrected chi connectivity index (χ1v) is 6.87. The van der Waals surface area contributed by atoms with Crippen LogP contribution in [0.3, 0.4) is 0 Å². The number of carbonyl (C=O) groups is 1. The molecule has 0 aromatic heterocycles. The third-order valence-electron chi connectivity index (χ3n) is 4.40. The van der Waals surface area contributed by atoms with Crippen molar-refractivity contribution in [1.29, 1.82) is 0 Å². The van der Waals surface area contributed by atoms with E-state index in [2.05, 4.69) is 0 Å². The van der Waals surface area contributed by atoms with Crippen molar-refractivity contribution in [2.75, 3.05) is 6.54 Å². The van der Waals surface area contributed by atoms with Crippen LogP contribution >= 0.6 is 0 Å². The summed E-state index contributed by atoms with van der Waals surface area (Å²) in [7, 11) is 0. The molecule has 0 spiro atoms. The van der Waals surface area contributed by atoms with E-state index in [1.165, 1.54) is 17.0 Å². The summed E-state index contributed by atoms with van der Waals surface area (Å²) in [6.45, 7) is 0.204. The number of nitrogens with zero attached hydrogens (tertiary/aromatic N) is 2. The smallest absolute Gasteiger partial charge is 0.337 e. The van der Waals surface area contributed by atoms with Gasteiger partial charge in [-0.25, -0.2) is 0 Å². The van der Waals surface area contributed by atoms with E-state index in [0.29, 0.717) is 12.0 Å². The molecule has 0 bridgehead atoms. The van der Waals surface area contributed by atoms with E-state index in [-0.39, 0.29) is 31.6 Å². The molecule has 1 heterocycles. The fourth-order valence-corrected chi connectivity index (χ4v) is 2.88. The van der Waals surface area contributed by atoms with Crippen LogP contribution < -0.4 is 0 Å². The summed E-state index contributed by atoms with van der Waals surface area (Å²) in [5, 5.41) is 10.8. The van der Waals surface area contributed by atoms with Crippen molar-refractivity contribution in [2.45, 2.75) is 32.0 Å². The van der Waals surface area contributed by atoms with Gasteiger partial charge in [-0.3, -0.25) is 14.9 Å². The molecular formula is C14H13F3N2O3. The second-order valence-corrected chi connectivity index (χ2v) is 5.77. The number of hydrogen-bond acceptors (Lipinski definition) is 3. The Hall–Kier alpha value is -2.12. The first-order valence-electron chi connectivity index (χ1n) is 6.87. The number of nitro benzene ring substituents is 1. The Morgan fingerprint density at radius 1 is 1.27 bits per heavy atom. The van der Waals surface area contributed by atoms with E-state index in [9.17, 15) is 28.1 Å². The topological polar surface area (TPSA) is 63.5 Å².